The highest BCUT2D eigenvalue weighted by Gasteiger charge is 2.22. The van der Waals surface area contributed by atoms with E-state index in [-0.39, 0.29) is 16.3 Å². The molecular formula is C26H32ClN5O4S. The summed E-state index contributed by atoms with van der Waals surface area (Å²) in [6, 6.07) is 13.5. The minimum absolute atomic E-state index is 0.0328. The standard InChI is InChI=1S/C26H32ClN5O4S/c1-5-31(6-2)16-15-28-26(34)23(29-25(33)21-12-7-9-13-22(21)27)17-19-18-32(37(35,36)30(3)4)24-14-10-8-11-20(19)24/h7-14,17-18H,5-6,15-16H2,1-4H3,(H,28,34)(H,29,33)/b23-17-. The number of hydrogen-bond donors (Lipinski definition) is 2. The second kappa shape index (κ2) is 12.4. The van der Waals surface area contributed by atoms with Crippen molar-refractivity contribution in [2.75, 3.05) is 40.3 Å². The summed E-state index contributed by atoms with van der Waals surface area (Å²) in [5, 5.41) is 6.36. The fraction of sp³-hybridized carbons (Fsp3) is 0.308. The molecule has 0 saturated carbocycles. The van der Waals surface area contributed by atoms with E-state index in [1.54, 1.807) is 48.5 Å². The molecule has 2 N–H and O–H groups in total. The van der Waals surface area contributed by atoms with Crippen LogP contribution in [0.15, 0.2) is 60.4 Å². The lowest BCUT2D eigenvalue weighted by Gasteiger charge is -2.18. The molecule has 11 heteroatoms. The van der Waals surface area contributed by atoms with Gasteiger partial charge >= 0.3 is 10.2 Å². The third-order valence-electron chi connectivity index (χ3n) is 5.94. The van der Waals surface area contributed by atoms with Gasteiger partial charge in [-0.1, -0.05) is 55.8 Å². The Balaban J connectivity index is 2.04. The van der Waals surface area contributed by atoms with Crippen LogP contribution < -0.4 is 10.6 Å². The zero-order valence-corrected chi connectivity index (χ0v) is 22.9. The first kappa shape index (κ1) is 28.4. The molecule has 0 aliphatic carbocycles. The average Bonchev–Trinajstić information content (AvgIpc) is 3.25. The number of aromatic nitrogens is 1. The van der Waals surface area contributed by atoms with Gasteiger partial charge in [0, 0.05) is 44.3 Å². The topological polar surface area (TPSA) is 104 Å². The Morgan fingerprint density at radius 3 is 2.32 bits per heavy atom. The zero-order chi connectivity index (χ0) is 27.2. The molecule has 0 radical (unpaired) electrons. The molecule has 3 rings (SSSR count). The minimum Gasteiger partial charge on any atom is -0.349 e. The maximum atomic E-state index is 13.2. The van der Waals surface area contributed by atoms with Crippen molar-refractivity contribution in [3.05, 3.63) is 76.6 Å². The van der Waals surface area contributed by atoms with E-state index in [4.69, 9.17) is 11.6 Å². The lowest BCUT2D eigenvalue weighted by molar-refractivity contribution is -0.117. The number of nitrogens with one attached hydrogen (secondary N) is 2. The van der Waals surface area contributed by atoms with Crippen molar-refractivity contribution in [1.29, 1.82) is 0 Å². The van der Waals surface area contributed by atoms with Gasteiger partial charge in [0.1, 0.15) is 5.70 Å². The molecule has 0 aliphatic heterocycles. The van der Waals surface area contributed by atoms with Crippen molar-refractivity contribution in [2.45, 2.75) is 13.8 Å². The molecule has 0 aliphatic rings. The first-order chi connectivity index (χ1) is 17.6. The lowest BCUT2D eigenvalue weighted by Crippen LogP contribution is -2.39. The second-order valence-corrected chi connectivity index (χ2v) is 10.9. The molecule has 37 heavy (non-hydrogen) atoms. The van der Waals surface area contributed by atoms with Crippen LogP contribution in [0.2, 0.25) is 5.02 Å². The van der Waals surface area contributed by atoms with Crippen LogP contribution >= 0.6 is 11.6 Å². The number of nitrogens with zero attached hydrogens (tertiary/aromatic N) is 3. The largest absolute Gasteiger partial charge is 0.349 e. The van der Waals surface area contributed by atoms with Crippen molar-refractivity contribution >= 4 is 50.6 Å². The molecule has 9 nitrogen and oxygen atoms in total. The third kappa shape index (κ3) is 6.58. The molecular weight excluding hydrogens is 514 g/mol. The van der Waals surface area contributed by atoms with Crippen LogP contribution in [-0.2, 0) is 15.0 Å². The number of para-hydroxylation sites is 1. The summed E-state index contributed by atoms with van der Waals surface area (Å²) in [6.07, 6.45) is 2.91. The van der Waals surface area contributed by atoms with Crippen molar-refractivity contribution < 1.29 is 18.0 Å². The SMILES string of the molecule is CCN(CC)CCNC(=O)/C(=C/c1cn(S(=O)(=O)N(C)C)c2ccccc12)NC(=O)c1ccccc1Cl. The summed E-state index contributed by atoms with van der Waals surface area (Å²) in [6.45, 7) is 6.79. The van der Waals surface area contributed by atoms with E-state index >= 15 is 0 Å². The Hall–Kier alpha value is -3.18. The van der Waals surface area contributed by atoms with Crippen LogP contribution in [-0.4, -0.2) is 73.7 Å². The number of benzene rings is 2. The maximum absolute atomic E-state index is 13.2. The van der Waals surface area contributed by atoms with Gasteiger partial charge in [-0.05, 0) is 37.4 Å². The van der Waals surface area contributed by atoms with E-state index in [2.05, 4.69) is 15.5 Å². The Morgan fingerprint density at radius 1 is 1.03 bits per heavy atom. The number of hydrogen-bond acceptors (Lipinski definition) is 5. The summed E-state index contributed by atoms with van der Waals surface area (Å²) in [7, 11) is -0.945. The zero-order valence-electron chi connectivity index (χ0n) is 21.4. The fourth-order valence-corrected chi connectivity index (χ4v) is 5.00. The third-order valence-corrected chi connectivity index (χ3v) is 7.99. The monoisotopic (exact) mass is 545 g/mol. The van der Waals surface area contributed by atoms with Gasteiger partial charge in [-0.2, -0.15) is 12.7 Å². The predicted molar refractivity (Wildman–Crippen MR) is 148 cm³/mol. The Labute approximate surface area is 222 Å². The van der Waals surface area contributed by atoms with Gasteiger partial charge in [-0.25, -0.2) is 3.97 Å². The number of likely N-dealkylation sites (N-methyl/N-ethyl adjacent to an activating group) is 1. The molecule has 1 aromatic heterocycles. The summed E-state index contributed by atoms with van der Waals surface area (Å²) >= 11 is 6.19. The van der Waals surface area contributed by atoms with Gasteiger partial charge in [0.2, 0.25) is 0 Å². The average molecular weight is 546 g/mol. The first-order valence-electron chi connectivity index (χ1n) is 11.9. The van der Waals surface area contributed by atoms with Crippen molar-refractivity contribution in [3.8, 4) is 0 Å². The lowest BCUT2D eigenvalue weighted by atomic mass is 10.1. The molecule has 0 unspecified atom stereocenters. The highest BCUT2D eigenvalue weighted by molar-refractivity contribution is 7.87. The minimum atomic E-state index is -3.83. The number of carbonyl (C=O) groups excluding carboxylic acids is 2. The normalized spacial score (nSPS) is 12.4. The smallest absolute Gasteiger partial charge is 0.307 e. The van der Waals surface area contributed by atoms with Gasteiger partial charge in [0.25, 0.3) is 11.8 Å². The summed E-state index contributed by atoms with van der Waals surface area (Å²) in [4.78, 5) is 28.4. The van der Waals surface area contributed by atoms with E-state index < -0.39 is 22.0 Å². The highest BCUT2D eigenvalue weighted by atomic mass is 35.5. The van der Waals surface area contributed by atoms with E-state index in [9.17, 15) is 18.0 Å². The predicted octanol–water partition coefficient (Wildman–Crippen LogP) is 3.18. The number of amides is 2. The molecule has 198 valence electrons. The van der Waals surface area contributed by atoms with Crippen LogP contribution in [0.5, 0.6) is 0 Å². The van der Waals surface area contributed by atoms with Crippen LogP contribution in [0.25, 0.3) is 17.0 Å². The quantitative estimate of drug-likeness (QED) is 0.360. The van der Waals surface area contributed by atoms with Gasteiger partial charge < -0.3 is 15.5 Å². The summed E-state index contributed by atoms with van der Waals surface area (Å²) < 4.78 is 28.1. The molecule has 3 aromatic rings. The second-order valence-electron chi connectivity index (χ2n) is 8.46. The molecule has 2 aromatic carbocycles. The van der Waals surface area contributed by atoms with E-state index in [0.717, 1.165) is 21.4 Å². The van der Waals surface area contributed by atoms with Gasteiger partial charge in [-0.15, -0.1) is 0 Å². The fourth-order valence-electron chi connectivity index (χ4n) is 3.77. The molecule has 0 bridgehead atoms. The molecule has 0 atom stereocenters. The van der Waals surface area contributed by atoms with Crippen LogP contribution in [0.1, 0.15) is 29.8 Å². The molecule has 0 fully saturated rings. The van der Waals surface area contributed by atoms with E-state index in [1.807, 2.05) is 13.8 Å². The molecule has 0 saturated heterocycles. The highest BCUT2D eigenvalue weighted by Crippen LogP contribution is 2.26. The Morgan fingerprint density at radius 2 is 1.68 bits per heavy atom. The maximum Gasteiger partial charge on any atom is 0.307 e. The summed E-state index contributed by atoms with van der Waals surface area (Å²) in [5.74, 6) is -1.06. The molecule has 1 heterocycles. The number of rotatable bonds is 11. The number of halogens is 1. The van der Waals surface area contributed by atoms with Crippen molar-refractivity contribution in [3.63, 3.8) is 0 Å². The van der Waals surface area contributed by atoms with E-state index in [1.165, 1.54) is 26.4 Å². The van der Waals surface area contributed by atoms with Gasteiger partial charge in [-0.3, -0.25) is 9.59 Å². The first-order valence-corrected chi connectivity index (χ1v) is 13.7. The Kier molecular flexibility index (Phi) is 9.50. The number of carbonyl (C=O) groups is 2. The number of fused-ring (bicyclic) bond motifs is 1. The van der Waals surface area contributed by atoms with Crippen molar-refractivity contribution in [1.82, 2.24) is 23.8 Å². The van der Waals surface area contributed by atoms with Crippen molar-refractivity contribution in [2.24, 2.45) is 0 Å². The van der Waals surface area contributed by atoms with Crippen LogP contribution in [0, 0.1) is 0 Å². The summed E-state index contributed by atoms with van der Waals surface area (Å²) in [5.41, 5.74) is 1.08. The van der Waals surface area contributed by atoms with Crippen LogP contribution in [0.3, 0.4) is 0 Å². The Bertz CT molecular complexity index is 1410. The molecule has 0 spiro atoms. The van der Waals surface area contributed by atoms with Gasteiger partial charge in [0.15, 0.2) is 0 Å². The van der Waals surface area contributed by atoms with Crippen LogP contribution in [0.4, 0.5) is 0 Å². The van der Waals surface area contributed by atoms with E-state index in [0.29, 0.717) is 29.6 Å². The molecule has 2 amide bonds. The van der Waals surface area contributed by atoms with Gasteiger partial charge in [0.05, 0.1) is 16.1 Å².